The molecule has 0 fully saturated rings. The summed E-state index contributed by atoms with van der Waals surface area (Å²) in [6.45, 7) is 1.77. The predicted molar refractivity (Wildman–Crippen MR) is 59.0 cm³/mol. The topological polar surface area (TPSA) is 63.6 Å². The van der Waals surface area contributed by atoms with E-state index in [9.17, 15) is 18.4 Å². The fourth-order valence-corrected chi connectivity index (χ4v) is 1.21. The van der Waals surface area contributed by atoms with E-state index < -0.39 is 29.1 Å². The highest BCUT2D eigenvalue weighted by Crippen LogP contribution is 2.16. The molecule has 0 radical (unpaired) electrons. The third kappa shape index (κ3) is 3.38. The van der Waals surface area contributed by atoms with Crippen molar-refractivity contribution in [1.82, 2.24) is 0 Å². The molecule has 0 aromatic heterocycles. The van der Waals surface area contributed by atoms with E-state index in [4.69, 9.17) is 5.11 Å². The van der Waals surface area contributed by atoms with Gasteiger partial charge in [0.25, 0.3) is 0 Å². The minimum atomic E-state index is -1.52. The molecule has 0 spiro atoms. The van der Waals surface area contributed by atoms with E-state index in [0.717, 1.165) is 18.2 Å². The molecule has 4 nitrogen and oxygen atoms in total. The summed E-state index contributed by atoms with van der Waals surface area (Å²) in [5, 5.41) is 8.66. The molecular formula is C12H10F2O4. The Kier molecular flexibility index (Phi) is 4.53. The maximum Gasteiger partial charge on any atom is 0.338 e. The van der Waals surface area contributed by atoms with Gasteiger partial charge in [0.05, 0.1) is 12.2 Å². The van der Waals surface area contributed by atoms with Crippen molar-refractivity contribution in [3.63, 3.8) is 0 Å². The third-order valence-corrected chi connectivity index (χ3v) is 2.00. The van der Waals surface area contributed by atoms with Crippen LogP contribution < -0.4 is 0 Å². The molecule has 0 unspecified atom stereocenters. The molecule has 0 saturated carbocycles. The van der Waals surface area contributed by atoms with Crippen molar-refractivity contribution in [2.75, 3.05) is 6.61 Å². The Bertz CT molecular complexity index is 509. The normalized spacial score (nSPS) is 10.6. The number of halogens is 2. The van der Waals surface area contributed by atoms with E-state index in [2.05, 4.69) is 4.74 Å². The Morgan fingerprint density at radius 3 is 2.56 bits per heavy atom. The molecule has 0 saturated heterocycles. The van der Waals surface area contributed by atoms with Crippen LogP contribution in [0.1, 0.15) is 22.8 Å². The lowest BCUT2D eigenvalue weighted by molar-refractivity contribution is -0.137. The van der Waals surface area contributed by atoms with Crippen LogP contribution in [0.2, 0.25) is 0 Å². The number of ether oxygens (including phenoxy) is 1. The van der Waals surface area contributed by atoms with Crippen LogP contribution in [0.15, 0.2) is 18.2 Å². The largest absolute Gasteiger partial charge is 0.478 e. The van der Waals surface area contributed by atoms with Gasteiger partial charge in [-0.15, -0.1) is 0 Å². The summed E-state index contributed by atoms with van der Waals surface area (Å²) >= 11 is 0. The number of rotatable bonds is 4. The van der Waals surface area contributed by atoms with Crippen molar-refractivity contribution in [3.8, 4) is 0 Å². The van der Waals surface area contributed by atoms with Gasteiger partial charge in [0.15, 0.2) is 0 Å². The van der Waals surface area contributed by atoms with Gasteiger partial charge in [0, 0.05) is 17.7 Å². The zero-order valence-corrected chi connectivity index (χ0v) is 9.44. The number of carbonyl (C=O) groups is 2. The fraction of sp³-hybridized carbons (Fsp3) is 0.167. The maximum atomic E-state index is 13.3. The van der Waals surface area contributed by atoms with Gasteiger partial charge in [-0.25, -0.2) is 18.4 Å². The molecule has 1 aromatic rings. The summed E-state index contributed by atoms with van der Waals surface area (Å²) in [6, 6.07) is 1.26. The molecular weight excluding hydrogens is 246 g/mol. The predicted octanol–water partition coefficient (Wildman–Crippen LogP) is 2.24. The number of carboxylic acids is 1. The van der Waals surface area contributed by atoms with Crippen LogP contribution in [-0.4, -0.2) is 23.7 Å². The van der Waals surface area contributed by atoms with Gasteiger partial charge < -0.3 is 9.84 Å². The minimum absolute atomic E-state index is 0.162. The molecule has 0 bridgehead atoms. The highest BCUT2D eigenvalue weighted by Gasteiger charge is 2.14. The van der Waals surface area contributed by atoms with Gasteiger partial charge in [-0.1, -0.05) is 0 Å². The summed E-state index contributed by atoms with van der Waals surface area (Å²) in [5.74, 6) is -4.34. The Balaban J connectivity index is 3.06. The molecule has 96 valence electrons. The highest BCUT2D eigenvalue weighted by molar-refractivity contribution is 5.90. The molecule has 1 N–H and O–H groups in total. The minimum Gasteiger partial charge on any atom is -0.478 e. The van der Waals surface area contributed by atoms with Crippen LogP contribution in [0.25, 0.3) is 6.08 Å². The van der Waals surface area contributed by atoms with E-state index in [-0.39, 0.29) is 12.2 Å². The van der Waals surface area contributed by atoms with Gasteiger partial charge >= 0.3 is 11.9 Å². The number of carboxylic acid groups (broad SMARTS) is 1. The zero-order valence-electron chi connectivity index (χ0n) is 9.44. The Labute approximate surface area is 101 Å². The lowest BCUT2D eigenvalue weighted by Crippen LogP contribution is -2.03. The molecule has 1 aromatic carbocycles. The van der Waals surface area contributed by atoms with Crippen LogP contribution in [0, 0.1) is 11.6 Å². The second-order valence-electron chi connectivity index (χ2n) is 3.24. The molecule has 1 rings (SSSR count). The van der Waals surface area contributed by atoms with Crippen molar-refractivity contribution in [2.45, 2.75) is 6.92 Å². The van der Waals surface area contributed by atoms with Gasteiger partial charge in [0.1, 0.15) is 11.6 Å². The molecule has 0 aliphatic carbocycles. The number of benzene rings is 1. The van der Waals surface area contributed by atoms with E-state index in [1.807, 2.05) is 0 Å². The number of carbonyl (C=O) groups excluding carboxylic acids is 1. The van der Waals surface area contributed by atoms with Gasteiger partial charge in [-0.2, -0.15) is 0 Å². The maximum absolute atomic E-state index is 13.3. The van der Waals surface area contributed by atoms with Crippen molar-refractivity contribution >= 4 is 18.0 Å². The molecule has 0 amide bonds. The smallest absolute Gasteiger partial charge is 0.338 e. The first-order valence-electron chi connectivity index (χ1n) is 5.03. The van der Waals surface area contributed by atoms with Crippen molar-refractivity contribution in [1.29, 1.82) is 0 Å². The average Bonchev–Trinajstić information content (AvgIpc) is 2.27. The number of esters is 1. The molecule has 18 heavy (non-hydrogen) atoms. The van der Waals surface area contributed by atoms with E-state index in [0.29, 0.717) is 6.07 Å². The number of hydrogen-bond acceptors (Lipinski definition) is 3. The Hall–Kier alpha value is -2.24. The lowest BCUT2D eigenvalue weighted by atomic mass is 10.1. The highest BCUT2D eigenvalue weighted by atomic mass is 19.1. The van der Waals surface area contributed by atoms with Gasteiger partial charge in [0.2, 0.25) is 0 Å². The molecule has 0 aliphatic rings. The van der Waals surface area contributed by atoms with Crippen LogP contribution in [-0.2, 0) is 9.53 Å². The second-order valence-corrected chi connectivity index (χ2v) is 3.24. The van der Waals surface area contributed by atoms with Crippen molar-refractivity contribution in [3.05, 3.63) is 41.0 Å². The monoisotopic (exact) mass is 256 g/mol. The quantitative estimate of drug-likeness (QED) is 0.662. The van der Waals surface area contributed by atoms with Gasteiger partial charge in [-0.3, -0.25) is 0 Å². The van der Waals surface area contributed by atoms with Gasteiger partial charge in [-0.05, 0) is 19.1 Å². The summed E-state index contributed by atoms with van der Waals surface area (Å²) in [7, 11) is 0. The number of hydrogen-bond donors (Lipinski definition) is 1. The lowest BCUT2D eigenvalue weighted by Gasteiger charge is -2.01. The summed E-state index contributed by atoms with van der Waals surface area (Å²) < 4.78 is 30.9. The Morgan fingerprint density at radius 1 is 1.33 bits per heavy atom. The molecule has 0 heterocycles. The SMILES string of the molecule is CCOC(=O)C=Cc1cc(C(=O)O)c(F)cc1F. The van der Waals surface area contributed by atoms with Crippen molar-refractivity contribution < 1.29 is 28.2 Å². The summed E-state index contributed by atoms with van der Waals surface area (Å²) in [6.07, 6.45) is 1.96. The van der Waals surface area contributed by atoms with Crippen LogP contribution in [0.4, 0.5) is 8.78 Å². The van der Waals surface area contributed by atoms with Crippen LogP contribution in [0.3, 0.4) is 0 Å². The summed E-state index contributed by atoms with van der Waals surface area (Å²) in [5.41, 5.74) is -0.873. The third-order valence-electron chi connectivity index (χ3n) is 2.00. The Morgan fingerprint density at radius 2 is 2.00 bits per heavy atom. The zero-order chi connectivity index (χ0) is 13.7. The summed E-state index contributed by atoms with van der Waals surface area (Å²) in [4.78, 5) is 21.6. The van der Waals surface area contributed by atoms with Crippen LogP contribution in [0.5, 0.6) is 0 Å². The molecule has 0 atom stereocenters. The first kappa shape index (κ1) is 13.8. The van der Waals surface area contributed by atoms with Crippen LogP contribution >= 0.6 is 0 Å². The average molecular weight is 256 g/mol. The van der Waals surface area contributed by atoms with Crippen molar-refractivity contribution in [2.24, 2.45) is 0 Å². The molecule has 6 heteroatoms. The number of aromatic carboxylic acids is 1. The second kappa shape index (κ2) is 5.90. The first-order chi connectivity index (χ1) is 8.45. The van der Waals surface area contributed by atoms with E-state index in [1.165, 1.54) is 0 Å². The molecule has 0 aliphatic heterocycles. The van der Waals surface area contributed by atoms with E-state index in [1.54, 1.807) is 6.92 Å². The van der Waals surface area contributed by atoms with E-state index >= 15 is 0 Å². The first-order valence-corrected chi connectivity index (χ1v) is 5.03. The standard InChI is InChI=1S/C12H10F2O4/c1-2-18-11(15)4-3-7-5-8(12(16)17)10(14)6-9(7)13/h3-6H,2H2,1H3,(H,16,17). The fourth-order valence-electron chi connectivity index (χ4n) is 1.21.